The van der Waals surface area contributed by atoms with Crippen LogP contribution in [0.3, 0.4) is 0 Å². The molecule has 0 radical (unpaired) electrons. The number of pyridine rings is 1. The lowest BCUT2D eigenvalue weighted by Gasteiger charge is -2.35. The molecule has 4 rings (SSSR count). The second-order valence-corrected chi connectivity index (χ2v) is 8.63. The first kappa shape index (κ1) is 20.8. The molecule has 0 spiro atoms. The highest BCUT2D eigenvalue weighted by Crippen LogP contribution is 2.27. The third-order valence-corrected chi connectivity index (χ3v) is 6.36. The lowest BCUT2D eigenvalue weighted by molar-refractivity contribution is 0.195. The SMILES string of the molecule is CCNC(=O)N1CCN(c2nccnc2NS(=O)(=O)c2cccc3cccnc23)CC1. The van der Waals surface area contributed by atoms with Gasteiger partial charge in [0.15, 0.2) is 11.6 Å². The Hall–Kier alpha value is -3.47. The zero-order valence-electron chi connectivity index (χ0n) is 17.0. The van der Waals surface area contributed by atoms with E-state index in [0.717, 1.165) is 5.39 Å². The van der Waals surface area contributed by atoms with E-state index in [9.17, 15) is 13.2 Å². The van der Waals surface area contributed by atoms with Crippen molar-refractivity contribution in [2.75, 3.05) is 42.3 Å². The van der Waals surface area contributed by atoms with Crippen molar-refractivity contribution in [3.63, 3.8) is 0 Å². The summed E-state index contributed by atoms with van der Waals surface area (Å²) < 4.78 is 28.9. The van der Waals surface area contributed by atoms with Crippen LogP contribution in [-0.4, -0.2) is 67.0 Å². The topological polar surface area (TPSA) is 120 Å². The Bertz CT molecular complexity index is 1190. The summed E-state index contributed by atoms with van der Waals surface area (Å²) in [4.78, 5) is 28.5. The number of sulfonamides is 1. The van der Waals surface area contributed by atoms with Crippen molar-refractivity contribution >= 4 is 38.6 Å². The maximum absolute atomic E-state index is 13.2. The van der Waals surface area contributed by atoms with E-state index in [-0.39, 0.29) is 16.7 Å². The molecule has 10 nitrogen and oxygen atoms in total. The van der Waals surface area contributed by atoms with Gasteiger partial charge in [0.25, 0.3) is 10.0 Å². The van der Waals surface area contributed by atoms with Crippen LogP contribution in [0.1, 0.15) is 6.92 Å². The minimum Gasteiger partial charge on any atom is -0.350 e. The summed E-state index contributed by atoms with van der Waals surface area (Å²) in [6, 6.07) is 8.46. The van der Waals surface area contributed by atoms with Crippen LogP contribution in [0.15, 0.2) is 53.8 Å². The van der Waals surface area contributed by atoms with Gasteiger partial charge in [-0.05, 0) is 19.1 Å². The molecule has 162 valence electrons. The van der Waals surface area contributed by atoms with Crippen molar-refractivity contribution in [1.82, 2.24) is 25.2 Å². The molecule has 1 aromatic carbocycles. The predicted molar refractivity (Wildman–Crippen MR) is 117 cm³/mol. The fourth-order valence-electron chi connectivity index (χ4n) is 3.49. The minimum atomic E-state index is -3.95. The predicted octanol–water partition coefficient (Wildman–Crippen LogP) is 1.68. The third kappa shape index (κ3) is 4.36. The maximum Gasteiger partial charge on any atom is 0.317 e. The Morgan fingerprint density at radius 3 is 2.52 bits per heavy atom. The van der Waals surface area contributed by atoms with Gasteiger partial charge in [0.05, 0.1) is 5.52 Å². The van der Waals surface area contributed by atoms with Gasteiger partial charge in [-0.25, -0.2) is 23.2 Å². The fourth-order valence-corrected chi connectivity index (χ4v) is 4.69. The van der Waals surface area contributed by atoms with Gasteiger partial charge in [0, 0.05) is 56.7 Å². The number of nitrogens with one attached hydrogen (secondary N) is 2. The van der Waals surface area contributed by atoms with Crippen LogP contribution in [0.4, 0.5) is 16.4 Å². The number of hydrogen-bond acceptors (Lipinski definition) is 7. The van der Waals surface area contributed by atoms with Crippen molar-refractivity contribution in [3.8, 4) is 0 Å². The van der Waals surface area contributed by atoms with Crippen LogP contribution in [0.5, 0.6) is 0 Å². The number of carbonyl (C=O) groups is 1. The average Bonchev–Trinajstić information content (AvgIpc) is 2.79. The zero-order chi connectivity index (χ0) is 21.8. The normalized spacial score (nSPS) is 14.5. The van der Waals surface area contributed by atoms with E-state index in [1.165, 1.54) is 18.5 Å². The largest absolute Gasteiger partial charge is 0.350 e. The number of hydrogen-bond donors (Lipinski definition) is 2. The van der Waals surface area contributed by atoms with Crippen LogP contribution in [-0.2, 0) is 10.0 Å². The Morgan fingerprint density at radius 1 is 1.00 bits per heavy atom. The van der Waals surface area contributed by atoms with E-state index in [1.54, 1.807) is 23.2 Å². The van der Waals surface area contributed by atoms with Crippen LogP contribution >= 0.6 is 0 Å². The van der Waals surface area contributed by atoms with Crippen molar-refractivity contribution in [3.05, 3.63) is 48.9 Å². The molecule has 1 aliphatic heterocycles. The molecule has 1 saturated heterocycles. The number of amides is 2. The number of carbonyl (C=O) groups excluding carboxylic acids is 1. The zero-order valence-corrected chi connectivity index (χ0v) is 17.8. The molecule has 2 aromatic heterocycles. The molecule has 2 N–H and O–H groups in total. The van der Waals surface area contributed by atoms with Crippen LogP contribution in [0.2, 0.25) is 0 Å². The first-order valence-corrected chi connectivity index (χ1v) is 11.4. The number of rotatable bonds is 5. The number of nitrogens with zero attached hydrogens (tertiary/aromatic N) is 5. The molecule has 0 saturated carbocycles. The first-order valence-electron chi connectivity index (χ1n) is 9.95. The molecule has 0 atom stereocenters. The summed E-state index contributed by atoms with van der Waals surface area (Å²) in [6.07, 6.45) is 4.51. The van der Waals surface area contributed by atoms with Gasteiger partial charge >= 0.3 is 6.03 Å². The number of fused-ring (bicyclic) bond motifs is 1. The second kappa shape index (κ2) is 8.72. The minimum absolute atomic E-state index is 0.0725. The van der Waals surface area contributed by atoms with Crippen LogP contribution in [0.25, 0.3) is 10.9 Å². The molecule has 3 aromatic rings. The summed E-state index contributed by atoms with van der Waals surface area (Å²) in [5.41, 5.74) is 0.387. The Labute approximate surface area is 180 Å². The van der Waals surface area contributed by atoms with Gasteiger partial charge < -0.3 is 15.1 Å². The maximum atomic E-state index is 13.2. The van der Waals surface area contributed by atoms with E-state index in [4.69, 9.17) is 0 Å². The van der Waals surface area contributed by atoms with Gasteiger partial charge in [-0.1, -0.05) is 18.2 Å². The van der Waals surface area contributed by atoms with Crippen molar-refractivity contribution in [1.29, 1.82) is 0 Å². The highest BCUT2D eigenvalue weighted by Gasteiger charge is 2.26. The molecule has 1 fully saturated rings. The Balaban J connectivity index is 1.57. The number of para-hydroxylation sites is 1. The summed E-state index contributed by atoms with van der Waals surface area (Å²) >= 11 is 0. The Kier molecular flexibility index (Phi) is 5.85. The lowest BCUT2D eigenvalue weighted by Crippen LogP contribution is -2.52. The van der Waals surface area contributed by atoms with Crippen molar-refractivity contribution < 1.29 is 13.2 Å². The van der Waals surface area contributed by atoms with E-state index in [1.807, 2.05) is 24.0 Å². The smallest absolute Gasteiger partial charge is 0.317 e. The molecule has 1 aliphatic rings. The second-order valence-electron chi connectivity index (χ2n) is 6.97. The molecule has 0 unspecified atom stereocenters. The van der Waals surface area contributed by atoms with Gasteiger partial charge in [-0.3, -0.25) is 9.71 Å². The highest BCUT2D eigenvalue weighted by atomic mass is 32.2. The van der Waals surface area contributed by atoms with Gasteiger partial charge in [0.2, 0.25) is 0 Å². The summed E-state index contributed by atoms with van der Waals surface area (Å²) in [7, 11) is -3.95. The standard InChI is InChI=1S/C20H23N7O3S/c1-2-21-20(28)27-13-11-26(12-14-27)19-18(23-9-10-24-19)25-31(29,30)16-7-3-5-15-6-4-8-22-17(15)16/h3-10H,2,11-14H2,1H3,(H,21,28)(H,23,25). The average molecular weight is 442 g/mol. The molecule has 0 aliphatic carbocycles. The monoisotopic (exact) mass is 441 g/mol. The number of urea groups is 1. The lowest BCUT2D eigenvalue weighted by atomic mass is 10.2. The summed E-state index contributed by atoms with van der Waals surface area (Å²) in [5.74, 6) is 0.566. The third-order valence-electron chi connectivity index (χ3n) is 4.99. The van der Waals surface area contributed by atoms with Crippen LogP contribution in [0, 0.1) is 0 Å². The summed E-state index contributed by atoms with van der Waals surface area (Å²) in [6.45, 7) is 4.47. The molecule has 3 heterocycles. The van der Waals surface area contributed by atoms with E-state index in [2.05, 4.69) is 25.0 Å². The van der Waals surface area contributed by atoms with E-state index < -0.39 is 10.0 Å². The molecule has 11 heteroatoms. The first-order chi connectivity index (χ1) is 15.0. The van der Waals surface area contributed by atoms with E-state index >= 15 is 0 Å². The Morgan fingerprint density at radius 2 is 1.74 bits per heavy atom. The molecular formula is C20H23N7O3S. The van der Waals surface area contributed by atoms with Gasteiger partial charge in [-0.15, -0.1) is 0 Å². The quantitative estimate of drug-likeness (QED) is 0.618. The van der Waals surface area contributed by atoms with Crippen molar-refractivity contribution in [2.45, 2.75) is 11.8 Å². The number of piperazine rings is 1. The van der Waals surface area contributed by atoms with E-state index in [0.29, 0.717) is 44.1 Å². The molecular weight excluding hydrogens is 418 g/mol. The van der Waals surface area contributed by atoms with Gasteiger partial charge in [-0.2, -0.15) is 0 Å². The highest BCUT2D eigenvalue weighted by molar-refractivity contribution is 7.93. The number of anilines is 2. The number of aromatic nitrogens is 3. The molecule has 31 heavy (non-hydrogen) atoms. The molecule has 0 bridgehead atoms. The number of benzene rings is 1. The summed E-state index contributed by atoms with van der Waals surface area (Å²) in [5, 5.41) is 3.52. The van der Waals surface area contributed by atoms with Crippen molar-refractivity contribution in [2.24, 2.45) is 0 Å². The fraction of sp³-hybridized carbons (Fsp3) is 0.300. The van der Waals surface area contributed by atoms with Crippen LogP contribution < -0.4 is 14.9 Å². The van der Waals surface area contributed by atoms with Gasteiger partial charge in [0.1, 0.15) is 4.90 Å². The molecule has 2 amide bonds.